The molecule has 0 aliphatic heterocycles. The van der Waals surface area contributed by atoms with Crippen LogP contribution < -0.4 is 10.6 Å². The second-order valence-electron chi connectivity index (χ2n) is 8.69. The average molecular weight is 433 g/mol. The van der Waals surface area contributed by atoms with Crippen LogP contribution in [0, 0.1) is 0 Å². The topological polar surface area (TPSA) is 96.1 Å². The molecule has 0 atom stereocenters. The molecule has 0 bridgehead atoms. The molecular formula is C25H28N4O3. The zero-order valence-electron chi connectivity index (χ0n) is 18.3. The Bertz CT molecular complexity index is 1060. The van der Waals surface area contributed by atoms with Gasteiger partial charge in [0.2, 0.25) is 5.91 Å². The third kappa shape index (κ3) is 4.99. The Morgan fingerprint density at radius 1 is 1.06 bits per heavy atom. The zero-order chi connectivity index (χ0) is 22.6. The van der Waals surface area contributed by atoms with E-state index in [4.69, 9.17) is 4.74 Å². The van der Waals surface area contributed by atoms with Gasteiger partial charge in [-0.15, -0.1) is 0 Å². The largest absolute Gasteiger partial charge is 0.446 e. The molecule has 0 spiro atoms. The molecule has 3 N–H and O–H groups in total. The molecule has 2 amide bonds. The molecule has 7 heteroatoms. The molecule has 1 heterocycles. The van der Waals surface area contributed by atoms with Gasteiger partial charge in [0.25, 0.3) is 0 Å². The number of ether oxygens (including phenoxy) is 1. The minimum atomic E-state index is -0.678. The molecule has 1 fully saturated rings. The van der Waals surface area contributed by atoms with E-state index >= 15 is 0 Å². The maximum atomic E-state index is 12.8. The molecule has 0 saturated heterocycles. The van der Waals surface area contributed by atoms with Crippen LogP contribution in [0.3, 0.4) is 0 Å². The van der Waals surface area contributed by atoms with Gasteiger partial charge in [0.05, 0.1) is 5.41 Å². The molecule has 2 aromatic carbocycles. The van der Waals surface area contributed by atoms with Gasteiger partial charge in [-0.1, -0.05) is 60.7 Å². The number of nitrogens with one attached hydrogen (secondary N) is 3. The van der Waals surface area contributed by atoms with E-state index in [2.05, 4.69) is 20.8 Å². The van der Waals surface area contributed by atoms with E-state index in [1.54, 1.807) is 0 Å². The molecule has 0 radical (unpaired) electrons. The number of hydrogen-bond acceptors (Lipinski definition) is 4. The predicted octanol–water partition coefficient (Wildman–Crippen LogP) is 4.50. The minimum absolute atomic E-state index is 0.117. The SMILES string of the molecule is CC(C)(C(=O)Nc1cc([C@H]2C[C@@H](OC(=O)NCc3ccccc3)C2)[nH]n1)c1ccccc1. The van der Waals surface area contributed by atoms with Crippen molar-refractivity contribution in [2.45, 2.75) is 50.7 Å². The molecule has 7 nitrogen and oxygen atoms in total. The molecule has 1 saturated carbocycles. The summed E-state index contributed by atoms with van der Waals surface area (Å²) in [6.45, 7) is 4.22. The number of alkyl carbamates (subject to hydrolysis) is 1. The highest BCUT2D eigenvalue weighted by atomic mass is 16.6. The second-order valence-corrected chi connectivity index (χ2v) is 8.69. The Hall–Kier alpha value is -3.61. The lowest BCUT2D eigenvalue weighted by Crippen LogP contribution is -2.36. The van der Waals surface area contributed by atoms with Crippen LogP contribution in [0.15, 0.2) is 66.7 Å². The highest BCUT2D eigenvalue weighted by Gasteiger charge is 2.35. The maximum Gasteiger partial charge on any atom is 0.407 e. The summed E-state index contributed by atoms with van der Waals surface area (Å²) in [5.74, 6) is 0.604. The summed E-state index contributed by atoms with van der Waals surface area (Å²) < 4.78 is 5.47. The first-order chi connectivity index (χ1) is 15.4. The number of benzene rings is 2. The lowest BCUT2D eigenvalue weighted by molar-refractivity contribution is -0.120. The van der Waals surface area contributed by atoms with Gasteiger partial charge < -0.3 is 15.4 Å². The molecule has 32 heavy (non-hydrogen) atoms. The second kappa shape index (κ2) is 9.26. The number of carbonyl (C=O) groups is 2. The first kappa shape index (κ1) is 21.6. The van der Waals surface area contributed by atoms with Crippen LogP contribution in [0.2, 0.25) is 0 Å². The molecule has 4 rings (SSSR count). The van der Waals surface area contributed by atoms with Crippen LogP contribution in [0.4, 0.5) is 10.6 Å². The molecule has 3 aromatic rings. The van der Waals surface area contributed by atoms with Crippen molar-refractivity contribution in [3.8, 4) is 0 Å². The van der Waals surface area contributed by atoms with Crippen molar-refractivity contribution in [1.82, 2.24) is 15.5 Å². The molecule has 1 aliphatic carbocycles. The van der Waals surface area contributed by atoms with Crippen molar-refractivity contribution in [1.29, 1.82) is 0 Å². The average Bonchev–Trinajstić information content (AvgIpc) is 3.23. The third-order valence-corrected chi connectivity index (χ3v) is 5.99. The van der Waals surface area contributed by atoms with Gasteiger partial charge in [0.1, 0.15) is 6.10 Å². The number of aromatic amines is 1. The van der Waals surface area contributed by atoms with E-state index in [1.165, 1.54) is 0 Å². The number of anilines is 1. The molecule has 0 unspecified atom stereocenters. The van der Waals surface area contributed by atoms with Gasteiger partial charge in [-0.05, 0) is 37.8 Å². The number of hydrogen-bond donors (Lipinski definition) is 3. The van der Waals surface area contributed by atoms with Crippen molar-refractivity contribution in [3.05, 3.63) is 83.6 Å². The van der Waals surface area contributed by atoms with Gasteiger partial charge in [-0.25, -0.2) is 4.79 Å². The van der Waals surface area contributed by atoms with Crippen LogP contribution >= 0.6 is 0 Å². The van der Waals surface area contributed by atoms with E-state index in [0.717, 1.165) is 29.7 Å². The van der Waals surface area contributed by atoms with Crippen LogP contribution in [0.1, 0.15) is 49.4 Å². The lowest BCUT2D eigenvalue weighted by Gasteiger charge is -2.33. The fraction of sp³-hybridized carbons (Fsp3) is 0.320. The zero-order valence-corrected chi connectivity index (χ0v) is 18.3. The number of carbonyl (C=O) groups excluding carboxylic acids is 2. The highest BCUT2D eigenvalue weighted by molar-refractivity contribution is 5.97. The van der Waals surface area contributed by atoms with E-state index in [9.17, 15) is 9.59 Å². The standard InChI is InChI=1S/C25H28N4O3/c1-25(2,19-11-7-4-8-12-19)23(30)27-22-15-21(28-29-22)18-13-20(14-18)32-24(31)26-16-17-9-5-3-6-10-17/h3-12,15,18,20H,13-14,16H2,1-2H3,(H,26,31)(H2,27,28,29,30)/t18-,20+. The summed E-state index contributed by atoms with van der Waals surface area (Å²) in [5, 5.41) is 12.9. The summed E-state index contributed by atoms with van der Waals surface area (Å²) in [5.41, 5.74) is 2.22. The van der Waals surface area contributed by atoms with E-state index in [1.807, 2.05) is 80.6 Å². The van der Waals surface area contributed by atoms with Crippen molar-refractivity contribution < 1.29 is 14.3 Å². The maximum absolute atomic E-state index is 12.8. The van der Waals surface area contributed by atoms with Crippen molar-refractivity contribution >= 4 is 17.8 Å². The fourth-order valence-electron chi connectivity index (χ4n) is 3.75. The van der Waals surface area contributed by atoms with E-state index in [-0.39, 0.29) is 17.9 Å². The number of nitrogens with zero attached hydrogens (tertiary/aromatic N) is 1. The Labute approximate surface area is 187 Å². The number of aromatic nitrogens is 2. The minimum Gasteiger partial charge on any atom is -0.446 e. The van der Waals surface area contributed by atoms with E-state index in [0.29, 0.717) is 12.4 Å². The van der Waals surface area contributed by atoms with Crippen LogP contribution in [-0.4, -0.2) is 28.3 Å². The van der Waals surface area contributed by atoms with Crippen LogP contribution in [0.25, 0.3) is 0 Å². The van der Waals surface area contributed by atoms with Crippen molar-refractivity contribution in [3.63, 3.8) is 0 Å². The quantitative estimate of drug-likeness (QED) is 0.512. The summed E-state index contributed by atoms with van der Waals surface area (Å²) in [7, 11) is 0. The molecule has 1 aromatic heterocycles. The first-order valence-electron chi connectivity index (χ1n) is 10.8. The fourth-order valence-corrected chi connectivity index (χ4v) is 3.75. The Balaban J connectivity index is 1.24. The monoisotopic (exact) mass is 432 g/mol. The normalized spacial score (nSPS) is 17.8. The summed E-state index contributed by atoms with van der Waals surface area (Å²) in [4.78, 5) is 24.8. The van der Waals surface area contributed by atoms with Crippen molar-refractivity contribution in [2.24, 2.45) is 0 Å². The van der Waals surface area contributed by atoms with Gasteiger partial charge >= 0.3 is 6.09 Å². The van der Waals surface area contributed by atoms with Gasteiger partial charge in [-0.3, -0.25) is 9.89 Å². The third-order valence-electron chi connectivity index (χ3n) is 5.99. The summed E-state index contributed by atoms with van der Waals surface area (Å²) >= 11 is 0. The van der Waals surface area contributed by atoms with Gasteiger partial charge in [0.15, 0.2) is 5.82 Å². The summed E-state index contributed by atoms with van der Waals surface area (Å²) in [6.07, 6.45) is 0.931. The van der Waals surface area contributed by atoms with Gasteiger partial charge in [0, 0.05) is 24.2 Å². The van der Waals surface area contributed by atoms with Gasteiger partial charge in [-0.2, -0.15) is 5.10 Å². The number of amides is 2. The van der Waals surface area contributed by atoms with Crippen LogP contribution in [0.5, 0.6) is 0 Å². The molecule has 1 aliphatic rings. The number of H-pyrrole nitrogens is 1. The smallest absolute Gasteiger partial charge is 0.407 e. The van der Waals surface area contributed by atoms with Crippen molar-refractivity contribution in [2.75, 3.05) is 5.32 Å². The lowest BCUT2D eigenvalue weighted by atomic mass is 9.80. The molecule has 166 valence electrons. The molecular weight excluding hydrogens is 404 g/mol. The Morgan fingerprint density at radius 2 is 1.72 bits per heavy atom. The Kier molecular flexibility index (Phi) is 6.25. The predicted molar refractivity (Wildman–Crippen MR) is 122 cm³/mol. The highest BCUT2D eigenvalue weighted by Crippen LogP contribution is 2.38. The number of rotatable bonds is 7. The Morgan fingerprint density at radius 3 is 2.41 bits per heavy atom. The van der Waals surface area contributed by atoms with Crippen LogP contribution in [-0.2, 0) is 21.5 Å². The summed E-state index contributed by atoms with van der Waals surface area (Å²) in [6, 6.07) is 21.2. The van der Waals surface area contributed by atoms with E-state index < -0.39 is 11.5 Å². The first-order valence-corrected chi connectivity index (χ1v) is 10.8.